The quantitative estimate of drug-likeness (QED) is 0.934. The molecule has 6 heteroatoms. The second kappa shape index (κ2) is 6.24. The number of nitrogens with zero attached hydrogens (tertiary/aromatic N) is 1. The summed E-state index contributed by atoms with van der Waals surface area (Å²) in [6.45, 7) is 5.49. The standard InChI is InChI=1S/C14H15ClN2O2S/c1-8-4-5-11(15)12(6-8)19-10(3)13(18)17-14-16-9(2)7-20-14/h4-7,10H,1-3H3,(H,16,17,18). The Morgan fingerprint density at radius 3 is 2.85 bits per heavy atom. The molecule has 1 unspecified atom stereocenters. The number of anilines is 1. The van der Waals surface area contributed by atoms with Gasteiger partial charge in [-0.3, -0.25) is 10.1 Å². The SMILES string of the molecule is Cc1ccc(Cl)c(OC(C)C(=O)Nc2nc(C)cs2)c1. The lowest BCUT2D eigenvalue weighted by Gasteiger charge is -2.15. The Balaban J connectivity index is 2.02. The number of halogens is 1. The van der Waals surface area contributed by atoms with E-state index >= 15 is 0 Å². The molecule has 20 heavy (non-hydrogen) atoms. The van der Waals surface area contributed by atoms with Gasteiger partial charge in [0.2, 0.25) is 0 Å². The Bertz CT molecular complexity index is 627. The van der Waals surface area contributed by atoms with E-state index in [1.807, 2.05) is 25.3 Å². The van der Waals surface area contributed by atoms with E-state index in [9.17, 15) is 4.79 Å². The largest absolute Gasteiger partial charge is 0.479 e. The molecular formula is C14H15ClN2O2S. The van der Waals surface area contributed by atoms with E-state index in [2.05, 4.69) is 10.3 Å². The van der Waals surface area contributed by atoms with Gasteiger partial charge in [0, 0.05) is 5.38 Å². The summed E-state index contributed by atoms with van der Waals surface area (Å²) in [6.07, 6.45) is -0.654. The van der Waals surface area contributed by atoms with Gasteiger partial charge in [0.1, 0.15) is 5.75 Å². The molecule has 0 aliphatic rings. The van der Waals surface area contributed by atoms with Gasteiger partial charge in [-0.2, -0.15) is 0 Å². The molecule has 0 saturated carbocycles. The molecule has 2 aromatic rings. The van der Waals surface area contributed by atoms with Crippen molar-refractivity contribution in [1.82, 2.24) is 4.98 Å². The van der Waals surface area contributed by atoms with Crippen LogP contribution >= 0.6 is 22.9 Å². The fraction of sp³-hybridized carbons (Fsp3) is 0.286. The van der Waals surface area contributed by atoms with E-state index in [-0.39, 0.29) is 5.91 Å². The first-order valence-corrected chi connectivity index (χ1v) is 7.37. The molecule has 1 atom stereocenters. The molecule has 0 radical (unpaired) electrons. The predicted octanol–water partition coefficient (Wildman–Crippen LogP) is 3.82. The third-order valence-electron chi connectivity index (χ3n) is 2.61. The summed E-state index contributed by atoms with van der Waals surface area (Å²) in [4.78, 5) is 16.2. The Kier molecular flexibility index (Phi) is 4.62. The van der Waals surface area contributed by atoms with Crippen molar-refractivity contribution in [2.24, 2.45) is 0 Å². The molecule has 1 amide bonds. The zero-order valence-corrected chi connectivity index (χ0v) is 13.0. The molecule has 0 spiro atoms. The summed E-state index contributed by atoms with van der Waals surface area (Å²) >= 11 is 7.42. The first kappa shape index (κ1) is 14.8. The van der Waals surface area contributed by atoms with Crippen molar-refractivity contribution in [2.75, 3.05) is 5.32 Å². The highest BCUT2D eigenvalue weighted by Gasteiger charge is 2.17. The van der Waals surface area contributed by atoms with Crippen molar-refractivity contribution in [1.29, 1.82) is 0 Å². The van der Waals surface area contributed by atoms with Gasteiger partial charge in [0.15, 0.2) is 11.2 Å². The molecule has 1 aromatic heterocycles. The van der Waals surface area contributed by atoms with Crippen molar-refractivity contribution in [3.8, 4) is 5.75 Å². The maximum atomic E-state index is 12.0. The zero-order valence-electron chi connectivity index (χ0n) is 11.4. The van der Waals surface area contributed by atoms with Crippen LogP contribution in [-0.2, 0) is 4.79 Å². The summed E-state index contributed by atoms with van der Waals surface area (Å²) in [5.74, 6) is 0.251. The maximum absolute atomic E-state index is 12.0. The van der Waals surface area contributed by atoms with Crippen molar-refractivity contribution < 1.29 is 9.53 Å². The lowest BCUT2D eigenvalue weighted by Crippen LogP contribution is -2.30. The number of hydrogen-bond donors (Lipinski definition) is 1. The minimum atomic E-state index is -0.654. The molecule has 4 nitrogen and oxygen atoms in total. The van der Waals surface area contributed by atoms with Gasteiger partial charge in [-0.25, -0.2) is 4.98 Å². The van der Waals surface area contributed by atoms with Gasteiger partial charge in [0.05, 0.1) is 10.7 Å². The Hall–Kier alpha value is -1.59. The predicted molar refractivity (Wildman–Crippen MR) is 81.8 cm³/mol. The van der Waals surface area contributed by atoms with Gasteiger partial charge in [0.25, 0.3) is 5.91 Å². The smallest absolute Gasteiger partial charge is 0.266 e. The highest BCUT2D eigenvalue weighted by atomic mass is 35.5. The van der Waals surface area contributed by atoms with Gasteiger partial charge < -0.3 is 4.74 Å². The molecule has 0 aliphatic carbocycles. The topological polar surface area (TPSA) is 51.2 Å². The van der Waals surface area contributed by atoms with Crippen LogP contribution in [-0.4, -0.2) is 17.0 Å². The molecule has 1 N–H and O–H groups in total. The molecule has 106 valence electrons. The van der Waals surface area contributed by atoms with Crippen LogP contribution in [0, 0.1) is 13.8 Å². The first-order chi connectivity index (χ1) is 9.45. The summed E-state index contributed by atoms with van der Waals surface area (Å²) in [5, 5.41) is 5.65. The molecule has 1 heterocycles. The van der Waals surface area contributed by atoms with Crippen LogP contribution in [0.5, 0.6) is 5.75 Å². The van der Waals surface area contributed by atoms with Crippen molar-refractivity contribution in [3.63, 3.8) is 0 Å². The van der Waals surface area contributed by atoms with Crippen LogP contribution in [0.2, 0.25) is 5.02 Å². The summed E-state index contributed by atoms with van der Waals surface area (Å²) in [5.41, 5.74) is 1.90. The summed E-state index contributed by atoms with van der Waals surface area (Å²) in [6, 6.07) is 5.44. The average Bonchev–Trinajstić information content (AvgIpc) is 2.79. The van der Waals surface area contributed by atoms with E-state index in [0.717, 1.165) is 11.3 Å². The third-order valence-corrected chi connectivity index (χ3v) is 3.80. The second-order valence-corrected chi connectivity index (χ2v) is 5.74. The number of aryl methyl sites for hydroxylation is 2. The number of carbonyl (C=O) groups is 1. The second-order valence-electron chi connectivity index (χ2n) is 4.48. The fourth-order valence-corrected chi connectivity index (χ4v) is 2.42. The molecule has 0 fully saturated rings. The van der Waals surface area contributed by atoms with Gasteiger partial charge in [-0.05, 0) is 38.5 Å². The molecule has 2 rings (SSSR count). The first-order valence-electron chi connectivity index (χ1n) is 6.11. The molecule has 0 aliphatic heterocycles. The van der Waals surface area contributed by atoms with E-state index in [4.69, 9.17) is 16.3 Å². The highest BCUT2D eigenvalue weighted by Crippen LogP contribution is 2.26. The molecule has 1 aromatic carbocycles. The van der Waals surface area contributed by atoms with E-state index in [1.165, 1.54) is 11.3 Å². The maximum Gasteiger partial charge on any atom is 0.266 e. The van der Waals surface area contributed by atoms with E-state index < -0.39 is 6.10 Å². The highest BCUT2D eigenvalue weighted by molar-refractivity contribution is 7.13. The number of rotatable bonds is 4. The Morgan fingerprint density at radius 2 is 2.20 bits per heavy atom. The Morgan fingerprint density at radius 1 is 1.45 bits per heavy atom. The van der Waals surface area contributed by atoms with E-state index in [1.54, 1.807) is 19.1 Å². The number of hydrogen-bond acceptors (Lipinski definition) is 4. The van der Waals surface area contributed by atoms with Gasteiger partial charge in [-0.15, -0.1) is 11.3 Å². The number of thiazole rings is 1. The molecule has 0 bridgehead atoms. The lowest BCUT2D eigenvalue weighted by molar-refractivity contribution is -0.122. The van der Waals surface area contributed by atoms with Crippen LogP contribution in [0.25, 0.3) is 0 Å². The normalized spacial score (nSPS) is 12.0. The minimum Gasteiger partial charge on any atom is -0.479 e. The van der Waals surface area contributed by atoms with Crippen molar-refractivity contribution in [2.45, 2.75) is 26.9 Å². The van der Waals surface area contributed by atoms with Crippen LogP contribution in [0.4, 0.5) is 5.13 Å². The van der Waals surface area contributed by atoms with Gasteiger partial charge in [-0.1, -0.05) is 17.7 Å². The average molecular weight is 311 g/mol. The van der Waals surface area contributed by atoms with Crippen LogP contribution < -0.4 is 10.1 Å². The molecule has 0 saturated heterocycles. The fourth-order valence-electron chi connectivity index (χ4n) is 1.56. The summed E-state index contributed by atoms with van der Waals surface area (Å²) in [7, 11) is 0. The number of aromatic nitrogens is 1. The Labute approximate surface area is 126 Å². The number of carbonyl (C=O) groups excluding carboxylic acids is 1. The number of nitrogens with one attached hydrogen (secondary N) is 1. The van der Waals surface area contributed by atoms with Crippen molar-refractivity contribution in [3.05, 3.63) is 39.9 Å². The van der Waals surface area contributed by atoms with Crippen LogP contribution in [0.15, 0.2) is 23.6 Å². The van der Waals surface area contributed by atoms with Crippen LogP contribution in [0.1, 0.15) is 18.2 Å². The van der Waals surface area contributed by atoms with Crippen LogP contribution in [0.3, 0.4) is 0 Å². The zero-order chi connectivity index (χ0) is 14.7. The number of amides is 1. The third kappa shape index (κ3) is 3.71. The lowest BCUT2D eigenvalue weighted by atomic mass is 10.2. The number of benzene rings is 1. The summed E-state index contributed by atoms with van der Waals surface area (Å²) < 4.78 is 5.60. The monoisotopic (exact) mass is 310 g/mol. The minimum absolute atomic E-state index is 0.253. The van der Waals surface area contributed by atoms with Gasteiger partial charge >= 0.3 is 0 Å². The molecular weight excluding hydrogens is 296 g/mol. The number of ether oxygens (including phenoxy) is 1. The van der Waals surface area contributed by atoms with E-state index in [0.29, 0.717) is 15.9 Å². The van der Waals surface area contributed by atoms with Crippen molar-refractivity contribution >= 4 is 34.0 Å².